The van der Waals surface area contributed by atoms with Gasteiger partial charge in [0, 0.05) is 19.5 Å². The fraction of sp³-hybridized carbons (Fsp3) is 0.316. The predicted molar refractivity (Wildman–Crippen MR) is 111 cm³/mol. The highest BCUT2D eigenvalue weighted by Gasteiger charge is 2.20. The Balaban J connectivity index is 1.90. The highest BCUT2D eigenvalue weighted by Crippen LogP contribution is 2.18. The zero-order valence-electron chi connectivity index (χ0n) is 16.6. The van der Waals surface area contributed by atoms with E-state index in [0.717, 1.165) is 11.8 Å². The number of hydrogen-bond acceptors (Lipinski definition) is 5. The van der Waals surface area contributed by atoms with Crippen LogP contribution in [0.3, 0.4) is 0 Å². The van der Waals surface area contributed by atoms with E-state index in [9.17, 15) is 26.0 Å². The lowest BCUT2D eigenvalue weighted by Crippen LogP contribution is -2.37. The molecule has 2 rings (SSSR count). The molecule has 1 amide bonds. The zero-order chi connectivity index (χ0) is 22.4. The van der Waals surface area contributed by atoms with Crippen LogP contribution in [0.25, 0.3) is 0 Å². The molecule has 8 nitrogen and oxygen atoms in total. The summed E-state index contributed by atoms with van der Waals surface area (Å²) in [6, 6.07) is 10.6. The summed E-state index contributed by atoms with van der Waals surface area (Å²) in [6.07, 6.45) is 0.727. The molecule has 0 radical (unpaired) electrons. The fourth-order valence-corrected chi connectivity index (χ4v) is 4.39. The quantitative estimate of drug-likeness (QED) is 0.463. The maximum Gasteiger partial charge on any atom is 0.240 e. The van der Waals surface area contributed by atoms with Gasteiger partial charge in [-0.2, -0.15) is 0 Å². The molecule has 0 fully saturated rings. The highest BCUT2D eigenvalue weighted by atomic mass is 32.2. The lowest BCUT2D eigenvalue weighted by molar-refractivity contribution is -0.121. The Labute approximate surface area is 176 Å². The normalized spacial score (nSPS) is 13.0. The van der Waals surface area contributed by atoms with Crippen LogP contribution in [0.2, 0.25) is 0 Å². The molecular weight excluding hydrogens is 433 g/mol. The molecule has 1 atom stereocenters. The Hall–Kier alpha value is -2.34. The van der Waals surface area contributed by atoms with Crippen LogP contribution in [0.5, 0.6) is 0 Å². The van der Waals surface area contributed by atoms with Crippen molar-refractivity contribution in [2.24, 2.45) is 0 Å². The molecule has 2 aromatic carbocycles. The van der Waals surface area contributed by atoms with E-state index >= 15 is 0 Å². The van der Waals surface area contributed by atoms with Crippen LogP contribution >= 0.6 is 0 Å². The average molecular weight is 458 g/mol. The maximum atomic E-state index is 13.1. The Bertz CT molecular complexity index is 1070. The second-order valence-electron chi connectivity index (χ2n) is 6.76. The van der Waals surface area contributed by atoms with Crippen LogP contribution in [0.15, 0.2) is 53.4 Å². The van der Waals surface area contributed by atoms with E-state index in [0.29, 0.717) is 5.56 Å². The molecule has 0 saturated heterocycles. The van der Waals surface area contributed by atoms with Crippen molar-refractivity contribution in [1.82, 2.24) is 14.8 Å². The number of benzene rings is 2. The van der Waals surface area contributed by atoms with E-state index in [1.165, 1.54) is 36.4 Å². The summed E-state index contributed by atoms with van der Waals surface area (Å²) in [5.74, 6) is -0.975. The Kier molecular flexibility index (Phi) is 8.07. The topological polar surface area (TPSA) is 121 Å². The summed E-state index contributed by atoms with van der Waals surface area (Å²) in [7, 11) is -7.32. The first-order valence-corrected chi connectivity index (χ1v) is 12.4. The Morgan fingerprint density at radius 3 is 2.13 bits per heavy atom. The first-order valence-electron chi connectivity index (χ1n) is 9.02. The summed E-state index contributed by atoms with van der Waals surface area (Å²) in [6.45, 7) is 1.82. The van der Waals surface area contributed by atoms with E-state index < -0.39 is 37.8 Å². The molecule has 164 valence electrons. The SMILES string of the molecule is Cc1ccc(S(=O)(=O)NCCNC(=O)C[C@@H](NS(C)(=O)=O)c2ccc(F)cc2)cc1. The van der Waals surface area contributed by atoms with Crippen molar-refractivity contribution < 1.29 is 26.0 Å². The molecule has 0 heterocycles. The molecule has 0 saturated carbocycles. The number of hydrogen-bond donors (Lipinski definition) is 3. The zero-order valence-corrected chi connectivity index (χ0v) is 18.2. The van der Waals surface area contributed by atoms with Gasteiger partial charge in [-0.25, -0.2) is 30.7 Å². The molecule has 0 unspecified atom stereocenters. The van der Waals surface area contributed by atoms with Crippen LogP contribution in [-0.2, 0) is 24.8 Å². The maximum absolute atomic E-state index is 13.1. The molecule has 30 heavy (non-hydrogen) atoms. The number of carbonyl (C=O) groups is 1. The summed E-state index contributed by atoms with van der Waals surface area (Å²) < 4.78 is 65.4. The first kappa shape index (κ1) is 23.9. The van der Waals surface area contributed by atoms with Crippen LogP contribution in [0.4, 0.5) is 4.39 Å². The van der Waals surface area contributed by atoms with Crippen LogP contribution < -0.4 is 14.8 Å². The molecule has 0 aliphatic carbocycles. The molecule has 0 aromatic heterocycles. The van der Waals surface area contributed by atoms with E-state index in [1.54, 1.807) is 12.1 Å². The Morgan fingerprint density at radius 2 is 1.57 bits per heavy atom. The van der Waals surface area contributed by atoms with Crippen LogP contribution in [0.1, 0.15) is 23.6 Å². The lowest BCUT2D eigenvalue weighted by Gasteiger charge is -2.18. The third kappa shape index (κ3) is 7.82. The monoisotopic (exact) mass is 457 g/mol. The van der Waals surface area contributed by atoms with Crippen molar-refractivity contribution in [2.75, 3.05) is 19.3 Å². The van der Waals surface area contributed by atoms with E-state index in [-0.39, 0.29) is 24.4 Å². The minimum Gasteiger partial charge on any atom is -0.355 e. The molecule has 2 aromatic rings. The van der Waals surface area contributed by atoms with Crippen molar-refractivity contribution in [3.05, 3.63) is 65.5 Å². The number of carbonyl (C=O) groups excluding carboxylic acids is 1. The largest absolute Gasteiger partial charge is 0.355 e. The average Bonchev–Trinajstić information content (AvgIpc) is 2.65. The fourth-order valence-electron chi connectivity index (χ4n) is 2.63. The first-order chi connectivity index (χ1) is 14.0. The van der Waals surface area contributed by atoms with Crippen molar-refractivity contribution in [3.63, 3.8) is 0 Å². The predicted octanol–water partition coefficient (Wildman–Crippen LogP) is 1.21. The summed E-state index contributed by atoms with van der Waals surface area (Å²) in [4.78, 5) is 12.3. The molecule has 3 N–H and O–H groups in total. The van der Waals surface area contributed by atoms with Gasteiger partial charge in [0.05, 0.1) is 17.2 Å². The molecule has 0 aliphatic rings. The number of rotatable bonds is 10. The minimum atomic E-state index is -3.70. The second-order valence-corrected chi connectivity index (χ2v) is 10.3. The summed E-state index contributed by atoms with van der Waals surface area (Å²) in [5.41, 5.74) is 1.36. The lowest BCUT2D eigenvalue weighted by atomic mass is 10.0. The number of aryl methyl sites for hydroxylation is 1. The minimum absolute atomic E-state index is 0.0128. The summed E-state index contributed by atoms with van der Waals surface area (Å²) in [5, 5.41) is 2.54. The molecule has 0 bridgehead atoms. The van der Waals surface area contributed by atoms with Crippen molar-refractivity contribution >= 4 is 26.0 Å². The van der Waals surface area contributed by atoms with Crippen molar-refractivity contribution in [2.45, 2.75) is 24.3 Å². The molecule has 0 spiro atoms. The smallest absolute Gasteiger partial charge is 0.240 e. The molecular formula is C19H24FN3O5S2. The Morgan fingerprint density at radius 1 is 0.967 bits per heavy atom. The van der Waals surface area contributed by atoms with Gasteiger partial charge in [0.1, 0.15) is 5.82 Å². The third-order valence-electron chi connectivity index (χ3n) is 4.09. The van der Waals surface area contributed by atoms with Gasteiger partial charge in [0.2, 0.25) is 26.0 Å². The van der Waals surface area contributed by atoms with Gasteiger partial charge in [0.15, 0.2) is 0 Å². The van der Waals surface area contributed by atoms with Crippen LogP contribution in [-0.4, -0.2) is 42.1 Å². The van der Waals surface area contributed by atoms with E-state index in [1.807, 2.05) is 6.92 Å². The van der Waals surface area contributed by atoms with Gasteiger partial charge in [-0.05, 0) is 36.8 Å². The van der Waals surface area contributed by atoms with Crippen molar-refractivity contribution in [3.8, 4) is 0 Å². The van der Waals surface area contributed by atoms with Crippen molar-refractivity contribution in [1.29, 1.82) is 0 Å². The van der Waals surface area contributed by atoms with Gasteiger partial charge in [-0.1, -0.05) is 29.8 Å². The number of nitrogens with one attached hydrogen (secondary N) is 3. The van der Waals surface area contributed by atoms with Gasteiger partial charge in [-0.15, -0.1) is 0 Å². The number of amides is 1. The van der Waals surface area contributed by atoms with E-state index in [4.69, 9.17) is 0 Å². The number of sulfonamides is 2. The van der Waals surface area contributed by atoms with E-state index in [2.05, 4.69) is 14.8 Å². The number of halogens is 1. The van der Waals surface area contributed by atoms with Gasteiger partial charge in [-0.3, -0.25) is 4.79 Å². The molecule has 0 aliphatic heterocycles. The highest BCUT2D eigenvalue weighted by molar-refractivity contribution is 7.89. The van der Waals surface area contributed by atoms with Gasteiger partial charge in [0.25, 0.3) is 0 Å². The molecule has 11 heteroatoms. The standard InChI is InChI=1S/C19H24FN3O5S2/c1-14-3-9-17(10-4-14)30(27,28)22-12-11-21-19(24)13-18(23-29(2,25)26)15-5-7-16(20)8-6-15/h3-10,18,22-23H,11-13H2,1-2H3,(H,21,24)/t18-/m1/s1. The van der Waals surface area contributed by atoms with Gasteiger partial charge >= 0.3 is 0 Å². The second kappa shape index (κ2) is 10.1. The summed E-state index contributed by atoms with van der Waals surface area (Å²) >= 11 is 0. The van der Waals surface area contributed by atoms with Crippen LogP contribution in [0, 0.1) is 12.7 Å². The van der Waals surface area contributed by atoms with Gasteiger partial charge < -0.3 is 5.32 Å². The third-order valence-corrected chi connectivity index (χ3v) is 6.28.